The molecule has 0 amide bonds. The van der Waals surface area contributed by atoms with Gasteiger partial charge < -0.3 is 97.3 Å². The Balaban J connectivity index is 0.830. The number of carbonyl (C=O) groups is 2. The van der Waals surface area contributed by atoms with Crippen LogP contribution in [0.3, 0.4) is 0 Å². The van der Waals surface area contributed by atoms with Crippen molar-refractivity contribution in [3.05, 3.63) is 42.0 Å². The standard InChI is InChI=1S/C59H90O22/c1-28(61)36-21-23-59(68)37-18-17-34-24-35(20-22-57(34,6)44(37)52(54(58(36,59)7)75-32(5)62)78-41(63)19-16-33-14-12-11-13-15-33)76-42-25-38(69-8)49(29(2)72-42)79-43-26-39(70-9)50(30(3)73-43)80-56-48(67)53(71-10)51(31(4)74-56)81-55-47(66)46(65)45(64)40(27-60)77-55/h11-16,19,28-31,34-40,42-56,60-61,64-68H,17-18,20-27H2,1-10H3/b19-16+/t28?,29-,30-,31-,34?,35+,36+,37-,38+,39-,40-,42+,43+,44?,45-,46+,47-,48-,49-,50-,51-,52?,53+,54-,55+,56+,57+,58+,59+/m1/s1. The lowest BCUT2D eigenvalue weighted by molar-refractivity contribution is -0.373. The van der Waals surface area contributed by atoms with Crippen LogP contribution in [0.1, 0.15) is 112 Å². The van der Waals surface area contributed by atoms with E-state index in [1.165, 1.54) is 20.1 Å². The molecule has 4 heterocycles. The van der Waals surface area contributed by atoms with Gasteiger partial charge in [-0.15, -0.1) is 0 Å². The number of esters is 2. The van der Waals surface area contributed by atoms with E-state index in [1.807, 2.05) is 44.2 Å². The minimum atomic E-state index is -1.68. The van der Waals surface area contributed by atoms with E-state index in [1.54, 1.807) is 41.1 Å². The Kier molecular flexibility index (Phi) is 19.8. The van der Waals surface area contributed by atoms with Crippen molar-refractivity contribution in [1.82, 2.24) is 0 Å². The highest BCUT2D eigenvalue weighted by Crippen LogP contribution is 2.70. The van der Waals surface area contributed by atoms with Crippen molar-refractivity contribution in [1.29, 1.82) is 0 Å². The van der Waals surface area contributed by atoms with Gasteiger partial charge >= 0.3 is 11.9 Å². The van der Waals surface area contributed by atoms with Gasteiger partial charge in [-0.25, -0.2) is 4.79 Å². The molecule has 0 spiro atoms. The Morgan fingerprint density at radius 2 is 1.31 bits per heavy atom. The van der Waals surface area contributed by atoms with Gasteiger partial charge in [0, 0.05) is 58.5 Å². The van der Waals surface area contributed by atoms with Gasteiger partial charge in [0.2, 0.25) is 0 Å². The molecular formula is C59H90O22. The van der Waals surface area contributed by atoms with Crippen molar-refractivity contribution in [3.8, 4) is 0 Å². The Bertz CT molecular complexity index is 2270. The summed E-state index contributed by atoms with van der Waals surface area (Å²) in [6, 6.07) is 9.44. The number of ether oxygens (including phenoxy) is 13. The van der Waals surface area contributed by atoms with Crippen LogP contribution >= 0.6 is 0 Å². The summed E-state index contributed by atoms with van der Waals surface area (Å²) in [5.41, 5.74) is -2.05. The van der Waals surface area contributed by atoms with Crippen LogP contribution in [0.5, 0.6) is 0 Å². The molecule has 0 radical (unpaired) electrons. The van der Waals surface area contributed by atoms with Gasteiger partial charge in [0.15, 0.2) is 25.2 Å². The third-order valence-corrected chi connectivity index (χ3v) is 20.2. The topological polar surface area (TPSA) is 296 Å². The molecule has 4 aliphatic carbocycles. The third kappa shape index (κ3) is 12.1. The predicted octanol–water partition coefficient (Wildman–Crippen LogP) is 2.68. The molecule has 7 N–H and O–H groups in total. The monoisotopic (exact) mass is 1150 g/mol. The van der Waals surface area contributed by atoms with Crippen LogP contribution in [0.2, 0.25) is 0 Å². The first kappa shape index (κ1) is 62.7. The second-order valence-corrected chi connectivity index (χ2v) is 24.7. The van der Waals surface area contributed by atoms with Crippen LogP contribution in [0, 0.1) is 34.5 Å². The first-order valence-corrected chi connectivity index (χ1v) is 29.2. The SMILES string of the molecule is CO[C@H]1[C@@H](O)[C@H](O[C@@H]2[C@@H](C)O[C@@H](O[C@H]3[C@@H](OC)C[C@H](O[C@H]4CC[C@@]5(C)C(CC[C@@H]6C5C(OC(=O)/C=C/c5ccccc5)[C@@H](OC(C)=O)[C@]5(C)[C@H](C(C)O)CC[C@]65O)C4)O[C@@H]3C)C[C@H]2OC)O[C@H](C)[C@H]1O[C@@H]1O[C@H](CO)[C@@H](O)[C@H](O)[C@H]1O. The van der Waals surface area contributed by atoms with E-state index in [2.05, 4.69) is 6.92 Å². The molecule has 0 bridgehead atoms. The number of hydrogen-bond donors (Lipinski definition) is 7. The maximum absolute atomic E-state index is 14.0. The lowest BCUT2D eigenvalue weighted by Gasteiger charge is -2.67. The highest BCUT2D eigenvalue weighted by molar-refractivity contribution is 5.87. The fourth-order valence-corrected chi connectivity index (χ4v) is 16.0. The molecule has 4 unspecified atom stereocenters. The van der Waals surface area contributed by atoms with Crippen molar-refractivity contribution < 1.29 is 107 Å². The number of carbonyl (C=O) groups excluding carboxylic acids is 2. The summed E-state index contributed by atoms with van der Waals surface area (Å²) in [5, 5.41) is 76.9. The predicted molar refractivity (Wildman–Crippen MR) is 284 cm³/mol. The molecule has 4 aliphatic heterocycles. The average Bonchev–Trinajstić information content (AvgIpc) is 2.77. The lowest BCUT2D eigenvalue weighted by atomic mass is 9.41. The second-order valence-electron chi connectivity index (χ2n) is 24.7. The third-order valence-electron chi connectivity index (χ3n) is 20.2. The van der Waals surface area contributed by atoms with E-state index in [-0.39, 0.29) is 30.3 Å². The van der Waals surface area contributed by atoms with Crippen LogP contribution in [-0.2, 0) is 71.2 Å². The summed E-state index contributed by atoms with van der Waals surface area (Å²) in [7, 11) is 4.53. The first-order valence-electron chi connectivity index (χ1n) is 29.2. The minimum absolute atomic E-state index is 0.0921. The molecule has 29 atom stereocenters. The summed E-state index contributed by atoms with van der Waals surface area (Å²) in [6.07, 6.45) is -13.0. The zero-order valence-electron chi connectivity index (χ0n) is 48.4. The van der Waals surface area contributed by atoms with Crippen LogP contribution in [0.25, 0.3) is 6.08 Å². The second kappa shape index (κ2) is 25.6. The number of benzene rings is 1. The summed E-state index contributed by atoms with van der Waals surface area (Å²) < 4.78 is 81.2. The molecule has 8 aliphatic rings. The van der Waals surface area contributed by atoms with E-state index in [0.717, 1.165) is 12.0 Å². The van der Waals surface area contributed by atoms with Gasteiger partial charge in [0.25, 0.3) is 0 Å². The van der Waals surface area contributed by atoms with Gasteiger partial charge in [0.05, 0.1) is 54.9 Å². The van der Waals surface area contributed by atoms with Crippen molar-refractivity contribution in [2.24, 2.45) is 34.5 Å². The molecule has 81 heavy (non-hydrogen) atoms. The summed E-state index contributed by atoms with van der Waals surface area (Å²) in [5.74, 6) is -2.14. The number of aliphatic hydroxyl groups is 7. The number of methoxy groups -OCH3 is 3. The van der Waals surface area contributed by atoms with E-state index in [9.17, 15) is 45.3 Å². The molecule has 22 nitrogen and oxygen atoms in total. The first-order chi connectivity index (χ1) is 38.5. The molecule has 1 aromatic carbocycles. The van der Waals surface area contributed by atoms with Crippen molar-refractivity contribution in [2.45, 2.75) is 247 Å². The highest BCUT2D eigenvalue weighted by atomic mass is 16.8. The van der Waals surface area contributed by atoms with Gasteiger partial charge in [0.1, 0.15) is 67.1 Å². The van der Waals surface area contributed by atoms with Crippen LogP contribution < -0.4 is 0 Å². The van der Waals surface area contributed by atoms with Gasteiger partial charge in [-0.1, -0.05) is 44.2 Å². The number of aliphatic hydroxyl groups excluding tert-OH is 6. The van der Waals surface area contributed by atoms with Crippen LogP contribution in [0.4, 0.5) is 0 Å². The molecule has 22 heteroatoms. The summed E-state index contributed by atoms with van der Waals surface area (Å²) in [6.45, 7) is 11.9. The summed E-state index contributed by atoms with van der Waals surface area (Å²) >= 11 is 0. The van der Waals surface area contributed by atoms with Crippen molar-refractivity contribution in [2.75, 3.05) is 27.9 Å². The van der Waals surface area contributed by atoms with Crippen LogP contribution in [0.15, 0.2) is 36.4 Å². The molecule has 4 saturated heterocycles. The van der Waals surface area contributed by atoms with Gasteiger partial charge in [-0.2, -0.15) is 0 Å². The average molecular weight is 1150 g/mol. The number of hydrogen-bond acceptors (Lipinski definition) is 22. The Morgan fingerprint density at radius 1 is 0.691 bits per heavy atom. The number of rotatable bonds is 17. The van der Waals surface area contributed by atoms with Crippen LogP contribution in [-0.4, -0.2) is 216 Å². The van der Waals surface area contributed by atoms with Gasteiger partial charge in [-0.3, -0.25) is 4.79 Å². The minimum Gasteiger partial charge on any atom is -0.458 e. The smallest absolute Gasteiger partial charge is 0.331 e. The molecule has 1 aromatic rings. The Hall–Kier alpha value is -2.82. The van der Waals surface area contributed by atoms with Crippen molar-refractivity contribution in [3.63, 3.8) is 0 Å². The molecule has 458 valence electrons. The van der Waals surface area contributed by atoms with E-state index in [4.69, 9.17) is 61.6 Å². The maximum atomic E-state index is 14.0. The maximum Gasteiger partial charge on any atom is 0.331 e. The zero-order valence-corrected chi connectivity index (χ0v) is 48.4. The van der Waals surface area contributed by atoms with Crippen molar-refractivity contribution >= 4 is 18.0 Å². The molecule has 0 aromatic heterocycles. The summed E-state index contributed by atoms with van der Waals surface area (Å²) in [4.78, 5) is 27.1. The zero-order chi connectivity index (χ0) is 58.5. The highest BCUT2D eigenvalue weighted by Gasteiger charge is 2.76. The van der Waals surface area contributed by atoms with Gasteiger partial charge in [-0.05, 0) is 107 Å². The Morgan fingerprint density at radius 3 is 1.93 bits per heavy atom. The molecule has 8 fully saturated rings. The lowest BCUT2D eigenvalue weighted by Crippen LogP contribution is -2.73. The quantitative estimate of drug-likeness (QED) is 0.0670. The fraction of sp³-hybridized carbons (Fsp3) is 0.831. The van der Waals surface area contributed by atoms with E-state index in [0.29, 0.717) is 44.9 Å². The molecule has 9 rings (SSSR count). The molecule has 4 saturated carbocycles. The molecular weight excluding hydrogens is 1060 g/mol. The fourth-order valence-electron chi connectivity index (χ4n) is 16.0. The van der Waals surface area contributed by atoms with E-state index >= 15 is 0 Å². The largest absolute Gasteiger partial charge is 0.458 e. The number of fused-ring (bicyclic) bond motifs is 5. The normalized spacial score (nSPS) is 48.6. The van der Waals surface area contributed by atoms with E-state index < -0.39 is 170 Å². The Labute approximate surface area is 474 Å².